The highest BCUT2D eigenvalue weighted by Gasteiger charge is 2.21. The average molecular weight is 290 g/mol. The normalized spacial score (nSPS) is 17.3. The molecule has 1 saturated heterocycles. The van der Waals surface area contributed by atoms with Crippen LogP contribution < -0.4 is 4.90 Å². The lowest BCUT2D eigenvalue weighted by Gasteiger charge is -2.28. The number of anilines is 1. The van der Waals surface area contributed by atoms with Crippen LogP contribution in [0.4, 0.5) is 11.4 Å². The maximum atomic E-state index is 11.3. The summed E-state index contributed by atoms with van der Waals surface area (Å²) in [7, 11) is -2.90. The van der Waals surface area contributed by atoms with E-state index in [-0.39, 0.29) is 17.2 Å². The first-order valence-electron chi connectivity index (χ1n) is 5.38. The Labute approximate surface area is 109 Å². The molecule has 0 aromatic heterocycles. The van der Waals surface area contributed by atoms with E-state index in [0.29, 0.717) is 13.1 Å². The van der Waals surface area contributed by atoms with Gasteiger partial charge in [-0.05, 0) is 12.1 Å². The Hall–Kier alpha value is -1.71. The molecule has 0 bridgehead atoms. The summed E-state index contributed by atoms with van der Waals surface area (Å²) in [4.78, 5) is 12.0. The number of sulfone groups is 1. The van der Waals surface area contributed by atoms with Crippen LogP contribution in [0, 0.1) is 10.1 Å². The molecule has 1 heterocycles. The van der Waals surface area contributed by atoms with E-state index in [4.69, 9.17) is 10.5 Å². The van der Waals surface area contributed by atoms with E-state index in [1.54, 1.807) is 12.1 Å². The van der Waals surface area contributed by atoms with Crippen molar-refractivity contribution in [2.24, 2.45) is 0 Å². The largest absolute Gasteiger partial charge is 0.369 e. The molecule has 1 fully saturated rings. The maximum Gasteiger partial charge on any atom is 0.269 e. The van der Waals surface area contributed by atoms with Crippen molar-refractivity contribution >= 4 is 21.2 Å². The molecule has 2 rings (SSSR count). The van der Waals surface area contributed by atoms with Gasteiger partial charge in [-0.2, -0.15) is 0 Å². The summed E-state index contributed by atoms with van der Waals surface area (Å²) in [5, 5.41) is 22.5. The number of nitro benzene ring substituents is 1. The molecule has 1 aromatic rings. The number of benzene rings is 1. The summed E-state index contributed by atoms with van der Waals surface area (Å²) in [5.74, 6) is 0.286. The van der Waals surface area contributed by atoms with E-state index in [9.17, 15) is 18.5 Å². The van der Waals surface area contributed by atoms with Crippen LogP contribution in [0.2, 0.25) is 0 Å². The first kappa shape index (κ1) is 15.3. The number of hydrogen-bond acceptors (Lipinski definition) is 7. The highest BCUT2D eigenvalue weighted by molar-refractivity contribution is 7.91. The van der Waals surface area contributed by atoms with E-state index in [1.165, 1.54) is 12.1 Å². The van der Waals surface area contributed by atoms with Crippen LogP contribution >= 0.6 is 0 Å². The second-order valence-electron chi connectivity index (χ2n) is 3.91. The fraction of sp³-hybridized carbons (Fsp3) is 0.400. The SMILES string of the molecule is O=[N+]([O-])c1ccc(N2CCS(=O)(=O)CC2)cc1.OO. The van der Waals surface area contributed by atoms with Crippen molar-refractivity contribution in [1.82, 2.24) is 0 Å². The van der Waals surface area contributed by atoms with Crippen LogP contribution in [0.3, 0.4) is 0 Å². The Bertz CT molecular complexity index is 513. The van der Waals surface area contributed by atoms with E-state index < -0.39 is 14.8 Å². The number of hydrogen-bond donors (Lipinski definition) is 2. The molecular formula is C10H14N2O6S. The van der Waals surface area contributed by atoms with E-state index in [0.717, 1.165) is 5.69 Å². The summed E-state index contributed by atoms with van der Waals surface area (Å²) in [5.41, 5.74) is 0.865. The van der Waals surface area contributed by atoms with Crippen molar-refractivity contribution in [2.45, 2.75) is 0 Å². The third-order valence-corrected chi connectivity index (χ3v) is 4.38. The van der Waals surface area contributed by atoms with Crippen molar-refractivity contribution in [1.29, 1.82) is 0 Å². The second kappa shape index (κ2) is 6.45. The number of nitrogens with zero attached hydrogens (tertiary/aromatic N) is 2. The number of non-ortho nitro benzene ring substituents is 1. The lowest BCUT2D eigenvalue weighted by atomic mass is 10.2. The summed E-state index contributed by atoms with van der Waals surface area (Å²) >= 11 is 0. The van der Waals surface area contributed by atoms with Gasteiger partial charge in [-0.25, -0.2) is 8.42 Å². The molecule has 19 heavy (non-hydrogen) atoms. The van der Waals surface area contributed by atoms with Crippen molar-refractivity contribution in [3.05, 3.63) is 34.4 Å². The van der Waals surface area contributed by atoms with Crippen molar-refractivity contribution in [3.8, 4) is 0 Å². The Balaban J connectivity index is 0.000000861. The van der Waals surface area contributed by atoms with Gasteiger partial charge in [0.1, 0.15) is 0 Å². The molecular weight excluding hydrogens is 276 g/mol. The van der Waals surface area contributed by atoms with Crippen molar-refractivity contribution in [2.75, 3.05) is 29.5 Å². The molecule has 0 aliphatic carbocycles. The molecule has 0 atom stereocenters. The van der Waals surface area contributed by atoms with Gasteiger partial charge in [0.25, 0.3) is 5.69 Å². The fourth-order valence-electron chi connectivity index (χ4n) is 1.76. The van der Waals surface area contributed by atoms with Gasteiger partial charge in [0.2, 0.25) is 0 Å². The fourth-order valence-corrected chi connectivity index (χ4v) is 2.96. The molecule has 0 radical (unpaired) electrons. The second-order valence-corrected chi connectivity index (χ2v) is 6.22. The zero-order chi connectivity index (χ0) is 14.5. The minimum Gasteiger partial charge on any atom is -0.369 e. The zero-order valence-electron chi connectivity index (χ0n) is 9.97. The Morgan fingerprint density at radius 1 is 1.11 bits per heavy atom. The third-order valence-electron chi connectivity index (χ3n) is 2.77. The molecule has 106 valence electrons. The highest BCUT2D eigenvalue weighted by Crippen LogP contribution is 2.20. The molecule has 1 aliphatic heterocycles. The Morgan fingerprint density at radius 3 is 2.00 bits per heavy atom. The van der Waals surface area contributed by atoms with Gasteiger partial charge in [-0.1, -0.05) is 0 Å². The molecule has 1 aliphatic rings. The average Bonchev–Trinajstić information content (AvgIpc) is 2.41. The van der Waals surface area contributed by atoms with Crippen LogP contribution in [-0.2, 0) is 9.84 Å². The van der Waals surface area contributed by atoms with Crippen LogP contribution in [0.1, 0.15) is 0 Å². The van der Waals surface area contributed by atoms with Crippen LogP contribution in [0.5, 0.6) is 0 Å². The lowest BCUT2D eigenvalue weighted by molar-refractivity contribution is -0.384. The molecule has 0 amide bonds. The Morgan fingerprint density at radius 2 is 1.58 bits per heavy atom. The van der Waals surface area contributed by atoms with Gasteiger partial charge in [0, 0.05) is 30.9 Å². The van der Waals surface area contributed by atoms with Gasteiger partial charge < -0.3 is 4.90 Å². The standard InChI is InChI=1S/C10H12N2O4S.H2O2/c13-12(14)10-3-1-9(2-4-10)11-5-7-17(15,16)8-6-11;1-2/h1-4H,5-8H2;1-2H. The molecule has 1 aromatic carbocycles. The quantitative estimate of drug-likeness (QED) is 0.470. The minimum atomic E-state index is -2.90. The molecule has 2 N–H and O–H groups in total. The minimum absolute atomic E-state index is 0.0402. The monoisotopic (exact) mass is 290 g/mol. The van der Waals surface area contributed by atoms with Crippen LogP contribution in [-0.4, -0.2) is 48.5 Å². The number of nitro groups is 1. The summed E-state index contributed by atoms with van der Waals surface area (Å²) in [6.45, 7) is 0.889. The summed E-state index contributed by atoms with van der Waals surface area (Å²) in [6.07, 6.45) is 0. The topological polar surface area (TPSA) is 121 Å². The molecule has 8 nitrogen and oxygen atoms in total. The van der Waals surface area contributed by atoms with E-state index in [1.807, 2.05) is 4.90 Å². The maximum absolute atomic E-state index is 11.3. The Kier molecular flexibility index (Phi) is 5.21. The van der Waals surface area contributed by atoms with E-state index >= 15 is 0 Å². The summed E-state index contributed by atoms with van der Waals surface area (Å²) in [6, 6.07) is 6.16. The van der Waals surface area contributed by atoms with Gasteiger partial charge in [0.05, 0.1) is 16.4 Å². The first-order valence-corrected chi connectivity index (χ1v) is 7.20. The highest BCUT2D eigenvalue weighted by atomic mass is 32.2. The first-order chi connectivity index (χ1) is 8.98. The van der Waals surface area contributed by atoms with Crippen molar-refractivity contribution < 1.29 is 23.9 Å². The smallest absolute Gasteiger partial charge is 0.269 e. The van der Waals surface area contributed by atoms with Gasteiger partial charge in [-0.3, -0.25) is 20.6 Å². The van der Waals surface area contributed by atoms with Crippen LogP contribution in [0.25, 0.3) is 0 Å². The van der Waals surface area contributed by atoms with Crippen molar-refractivity contribution in [3.63, 3.8) is 0 Å². The molecule has 0 spiro atoms. The summed E-state index contributed by atoms with van der Waals surface area (Å²) < 4.78 is 22.5. The van der Waals surface area contributed by atoms with E-state index in [2.05, 4.69) is 0 Å². The molecule has 9 heteroatoms. The van der Waals surface area contributed by atoms with Gasteiger partial charge in [0.15, 0.2) is 9.84 Å². The predicted octanol–water partition coefficient (Wildman–Crippen LogP) is 0.847. The van der Waals surface area contributed by atoms with Gasteiger partial charge >= 0.3 is 0 Å². The van der Waals surface area contributed by atoms with Gasteiger partial charge in [-0.15, -0.1) is 0 Å². The number of rotatable bonds is 2. The molecule has 0 unspecified atom stereocenters. The van der Waals surface area contributed by atoms with Crippen LogP contribution in [0.15, 0.2) is 24.3 Å². The predicted molar refractivity (Wildman–Crippen MR) is 69.2 cm³/mol. The lowest BCUT2D eigenvalue weighted by Crippen LogP contribution is -2.40. The third kappa shape index (κ3) is 4.16. The molecule has 0 saturated carbocycles. The zero-order valence-corrected chi connectivity index (χ0v) is 10.8.